The molecule has 0 radical (unpaired) electrons. The van der Waals surface area contributed by atoms with Gasteiger partial charge in [-0.3, -0.25) is 9.00 Å². The molecule has 2 aliphatic carbocycles. The molecular weight excluding hydrogens is 272 g/mol. The smallest absolute Gasteiger partial charge is 0.310 e. The van der Waals surface area contributed by atoms with Crippen molar-refractivity contribution in [2.24, 2.45) is 11.8 Å². The largest absolute Gasteiger partial charge is 0.465 e. The van der Waals surface area contributed by atoms with E-state index in [-0.39, 0.29) is 5.97 Å². The second kappa shape index (κ2) is 6.08. The molecule has 20 heavy (non-hydrogen) atoms. The Hall–Kier alpha value is -1.16. The molecule has 0 bridgehead atoms. The van der Waals surface area contributed by atoms with E-state index in [2.05, 4.69) is 0 Å². The summed E-state index contributed by atoms with van der Waals surface area (Å²) in [6.07, 6.45) is 5.12. The van der Waals surface area contributed by atoms with Gasteiger partial charge in [-0.1, -0.05) is 12.1 Å². The van der Waals surface area contributed by atoms with Gasteiger partial charge in [0.05, 0.1) is 23.8 Å². The van der Waals surface area contributed by atoms with Gasteiger partial charge in [-0.05, 0) is 55.2 Å². The minimum absolute atomic E-state index is 0.163. The predicted molar refractivity (Wildman–Crippen MR) is 77.8 cm³/mol. The van der Waals surface area contributed by atoms with Crippen molar-refractivity contribution in [3.05, 3.63) is 29.8 Å². The highest BCUT2D eigenvalue weighted by molar-refractivity contribution is 7.85. The third kappa shape index (κ3) is 4.17. The summed E-state index contributed by atoms with van der Waals surface area (Å²) in [5, 5.41) is 0. The lowest BCUT2D eigenvalue weighted by Gasteiger charge is -2.05. The van der Waals surface area contributed by atoms with Crippen molar-refractivity contribution < 1.29 is 13.7 Å². The average Bonchev–Trinajstić information content (AvgIpc) is 3.32. The third-order valence-electron chi connectivity index (χ3n) is 3.80. The maximum absolute atomic E-state index is 12.0. The molecule has 2 saturated carbocycles. The van der Waals surface area contributed by atoms with Gasteiger partial charge >= 0.3 is 5.97 Å². The highest BCUT2D eigenvalue weighted by Gasteiger charge is 2.24. The van der Waals surface area contributed by atoms with Gasteiger partial charge in [-0.2, -0.15) is 0 Å². The summed E-state index contributed by atoms with van der Waals surface area (Å²) in [4.78, 5) is 12.5. The van der Waals surface area contributed by atoms with Crippen molar-refractivity contribution in [1.29, 1.82) is 0 Å². The number of carbonyl (C=O) groups is 1. The van der Waals surface area contributed by atoms with Gasteiger partial charge < -0.3 is 4.74 Å². The van der Waals surface area contributed by atoms with Gasteiger partial charge in [0, 0.05) is 10.6 Å². The Morgan fingerprint density at radius 1 is 1.10 bits per heavy atom. The molecule has 0 N–H and O–H groups in total. The zero-order valence-electron chi connectivity index (χ0n) is 11.5. The number of rotatable bonds is 7. The first-order valence-electron chi connectivity index (χ1n) is 7.33. The first kappa shape index (κ1) is 13.8. The van der Waals surface area contributed by atoms with Crippen LogP contribution < -0.4 is 0 Å². The van der Waals surface area contributed by atoms with Crippen LogP contribution in [0.25, 0.3) is 0 Å². The van der Waals surface area contributed by atoms with Crippen LogP contribution in [0.15, 0.2) is 29.2 Å². The Balaban J connectivity index is 1.49. The molecular formula is C16H20O3S. The van der Waals surface area contributed by atoms with E-state index in [1.807, 2.05) is 24.3 Å². The second-order valence-corrected chi connectivity index (χ2v) is 7.40. The van der Waals surface area contributed by atoms with Crippen LogP contribution in [0.4, 0.5) is 0 Å². The Morgan fingerprint density at radius 2 is 1.75 bits per heavy atom. The SMILES string of the molecule is O=C(Cc1ccc(S(=O)CC2CC2)cc1)OCC1CC1. The van der Waals surface area contributed by atoms with Gasteiger partial charge in [0.1, 0.15) is 0 Å². The molecule has 0 aromatic heterocycles. The molecule has 1 unspecified atom stereocenters. The molecule has 1 aromatic carbocycles. The lowest BCUT2D eigenvalue weighted by atomic mass is 10.1. The van der Waals surface area contributed by atoms with Crippen molar-refractivity contribution in [3.8, 4) is 0 Å². The van der Waals surface area contributed by atoms with E-state index in [9.17, 15) is 9.00 Å². The lowest BCUT2D eigenvalue weighted by molar-refractivity contribution is -0.143. The van der Waals surface area contributed by atoms with Crippen molar-refractivity contribution in [2.75, 3.05) is 12.4 Å². The van der Waals surface area contributed by atoms with Crippen LogP contribution in [0.5, 0.6) is 0 Å². The van der Waals surface area contributed by atoms with E-state index in [1.54, 1.807) is 0 Å². The van der Waals surface area contributed by atoms with Crippen molar-refractivity contribution >= 4 is 16.8 Å². The Labute approximate surface area is 122 Å². The standard InChI is InChI=1S/C16H20O3S/c17-16(19-10-13-1-2-13)9-12-5-7-15(8-6-12)20(18)11-14-3-4-14/h5-8,13-14H,1-4,9-11H2. The topological polar surface area (TPSA) is 43.4 Å². The highest BCUT2D eigenvalue weighted by atomic mass is 32.2. The van der Waals surface area contributed by atoms with Gasteiger partial charge in [0.15, 0.2) is 0 Å². The molecule has 0 spiro atoms. The van der Waals surface area contributed by atoms with E-state index in [0.29, 0.717) is 24.9 Å². The lowest BCUT2D eigenvalue weighted by Crippen LogP contribution is -2.10. The summed E-state index contributed by atoms with van der Waals surface area (Å²) >= 11 is 0. The van der Waals surface area contributed by atoms with Gasteiger partial charge in [0.25, 0.3) is 0 Å². The van der Waals surface area contributed by atoms with Crippen LogP contribution in [0, 0.1) is 11.8 Å². The van der Waals surface area contributed by atoms with E-state index in [4.69, 9.17) is 4.74 Å². The maximum Gasteiger partial charge on any atom is 0.310 e. The van der Waals surface area contributed by atoms with Crippen LogP contribution in [-0.2, 0) is 26.8 Å². The third-order valence-corrected chi connectivity index (χ3v) is 5.37. The zero-order chi connectivity index (χ0) is 13.9. The Morgan fingerprint density at radius 3 is 2.35 bits per heavy atom. The van der Waals surface area contributed by atoms with Crippen molar-refractivity contribution in [2.45, 2.75) is 37.0 Å². The summed E-state index contributed by atoms with van der Waals surface area (Å²) in [5.74, 6) is 1.88. The summed E-state index contributed by atoms with van der Waals surface area (Å²) < 4.78 is 17.2. The summed E-state index contributed by atoms with van der Waals surface area (Å²) in [6.45, 7) is 0.572. The Bertz CT molecular complexity index is 501. The molecule has 3 nitrogen and oxygen atoms in total. The number of carbonyl (C=O) groups excluding carboxylic acids is 1. The minimum Gasteiger partial charge on any atom is -0.465 e. The highest BCUT2D eigenvalue weighted by Crippen LogP contribution is 2.31. The molecule has 4 heteroatoms. The quantitative estimate of drug-likeness (QED) is 0.726. The molecule has 1 aromatic rings. The van der Waals surface area contributed by atoms with Gasteiger partial charge in [-0.25, -0.2) is 0 Å². The molecule has 0 aliphatic heterocycles. The molecule has 0 heterocycles. The molecule has 1 atom stereocenters. The number of esters is 1. The molecule has 108 valence electrons. The van der Waals surface area contributed by atoms with Gasteiger partial charge in [-0.15, -0.1) is 0 Å². The fourth-order valence-electron chi connectivity index (χ4n) is 2.07. The van der Waals surface area contributed by atoms with Gasteiger partial charge in [0.2, 0.25) is 0 Å². The van der Waals surface area contributed by atoms with Crippen LogP contribution in [0.3, 0.4) is 0 Å². The number of hydrogen-bond acceptors (Lipinski definition) is 3. The molecule has 2 aliphatic rings. The second-order valence-electron chi connectivity index (χ2n) is 5.90. The fraction of sp³-hybridized carbons (Fsp3) is 0.562. The number of hydrogen-bond donors (Lipinski definition) is 0. The molecule has 0 saturated heterocycles. The van der Waals surface area contributed by atoms with E-state index >= 15 is 0 Å². The predicted octanol–water partition coefficient (Wildman–Crippen LogP) is 2.70. The minimum atomic E-state index is -0.889. The van der Waals surface area contributed by atoms with Crippen LogP contribution >= 0.6 is 0 Å². The van der Waals surface area contributed by atoms with Crippen LogP contribution in [0.1, 0.15) is 31.2 Å². The number of ether oxygens (including phenoxy) is 1. The zero-order valence-corrected chi connectivity index (χ0v) is 12.4. The van der Waals surface area contributed by atoms with Crippen LogP contribution in [0.2, 0.25) is 0 Å². The van der Waals surface area contributed by atoms with Crippen LogP contribution in [-0.4, -0.2) is 22.5 Å². The molecule has 2 fully saturated rings. The average molecular weight is 292 g/mol. The fourth-order valence-corrected chi connectivity index (χ4v) is 3.46. The van der Waals surface area contributed by atoms with E-state index in [0.717, 1.165) is 16.2 Å². The summed E-state index contributed by atoms with van der Waals surface area (Å²) in [6, 6.07) is 7.53. The van der Waals surface area contributed by atoms with Crippen molar-refractivity contribution in [1.82, 2.24) is 0 Å². The van der Waals surface area contributed by atoms with E-state index in [1.165, 1.54) is 25.7 Å². The molecule has 3 rings (SSSR count). The normalized spacial score (nSPS) is 19.6. The number of benzene rings is 1. The first-order chi connectivity index (χ1) is 9.70. The van der Waals surface area contributed by atoms with Crippen molar-refractivity contribution in [3.63, 3.8) is 0 Å². The molecule has 0 amide bonds. The monoisotopic (exact) mass is 292 g/mol. The summed E-state index contributed by atoms with van der Waals surface area (Å²) in [5.41, 5.74) is 0.929. The Kier molecular flexibility index (Phi) is 4.20. The maximum atomic E-state index is 12.0. The first-order valence-corrected chi connectivity index (χ1v) is 8.65. The summed E-state index contributed by atoms with van der Waals surface area (Å²) in [7, 11) is -0.889. The van der Waals surface area contributed by atoms with E-state index < -0.39 is 10.8 Å².